The lowest BCUT2D eigenvalue weighted by molar-refractivity contribution is 0.228. The van der Waals surface area contributed by atoms with E-state index in [2.05, 4.69) is 5.43 Å². The van der Waals surface area contributed by atoms with E-state index in [-0.39, 0.29) is 6.04 Å². The average molecular weight is 212 g/mol. The number of benzene rings is 1. The minimum Gasteiger partial charge on any atom is -0.271 e. The summed E-state index contributed by atoms with van der Waals surface area (Å²) in [5.74, 6) is 4.90. The van der Waals surface area contributed by atoms with Crippen molar-refractivity contribution in [2.75, 3.05) is 0 Å². The molecule has 0 aromatic heterocycles. The molecule has 3 N–H and O–H groups in total. The van der Waals surface area contributed by atoms with Crippen LogP contribution in [0, 0.1) is 17.6 Å². The van der Waals surface area contributed by atoms with E-state index in [0.29, 0.717) is 11.5 Å². The third kappa shape index (κ3) is 2.01. The molecular weight excluding hydrogens is 198 g/mol. The Labute approximate surface area is 87.4 Å². The minimum atomic E-state index is -0.425. The Morgan fingerprint density at radius 1 is 1.33 bits per heavy atom. The van der Waals surface area contributed by atoms with Gasteiger partial charge in [-0.05, 0) is 37.0 Å². The molecule has 1 saturated carbocycles. The van der Waals surface area contributed by atoms with Crippen molar-refractivity contribution < 1.29 is 8.78 Å². The van der Waals surface area contributed by atoms with E-state index in [9.17, 15) is 8.78 Å². The molecular formula is C11H14F2N2. The predicted molar refractivity (Wildman–Crippen MR) is 53.8 cm³/mol. The molecule has 2 rings (SSSR count). The highest BCUT2D eigenvalue weighted by molar-refractivity contribution is 5.23. The van der Waals surface area contributed by atoms with Crippen LogP contribution in [0.15, 0.2) is 18.2 Å². The summed E-state index contributed by atoms with van der Waals surface area (Å²) in [6, 6.07) is 3.22. The Kier molecular flexibility index (Phi) is 2.98. The van der Waals surface area contributed by atoms with Gasteiger partial charge < -0.3 is 0 Å². The Bertz CT molecular complexity index is 350. The SMILES string of the molecule is NNC(c1cc(F)ccc1F)C1CCC1. The first-order valence-electron chi connectivity index (χ1n) is 5.13. The van der Waals surface area contributed by atoms with Crippen LogP contribution < -0.4 is 11.3 Å². The van der Waals surface area contributed by atoms with Crippen LogP contribution in [-0.4, -0.2) is 0 Å². The van der Waals surface area contributed by atoms with Crippen molar-refractivity contribution in [2.45, 2.75) is 25.3 Å². The van der Waals surface area contributed by atoms with Gasteiger partial charge in [0.25, 0.3) is 0 Å². The van der Waals surface area contributed by atoms with Crippen molar-refractivity contribution in [3.8, 4) is 0 Å². The summed E-state index contributed by atoms with van der Waals surface area (Å²) in [4.78, 5) is 0. The van der Waals surface area contributed by atoms with E-state index in [4.69, 9.17) is 5.84 Å². The van der Waals surface area contributed by atoms with Crippen LogP contribution >= 0.6 is 0 Å². The molecule has 0 saturated heterocycles. The fraction of sp³-hybridized carbons (Fsp3) is 0.455. The second kappa shape index (κ2) is 4.24. The van der Waals surface area contributed by atoms with Gasteiger partial charge in [0.2, 0.25) is 0 Å². The van der Waals surface area contributed by atoms with E-state index in [1.54, 1.807) is 0 Å². The van der Waals surface area contributed by atoms with Crippen molar-refractivity contribution in [1.29, 1.82) is 0 Å². The topological polar surface area (TPSA) is 38.0 Å². The molecule has 1 aromatic carbocycles. The van der Waals surface area contributed by atoms with Gasteiger partial charge in [0.05, 0.1) is 6.04 Å². The molecule has 2 nitrogen and oxygen atoms in total. The van der Waals surface area contributed by atoms with Gasteiger partial charge in [0.15, 0.2) is 0 Å². The number of halogens is 2. The minimum absolute atomic E-state index is 0.269. The molecule has 0 radical (unpaired) electrons. The van der Waals surface area contributed by atoms with Crippen LogP contribution in [-0.2, 0) is 0 Å². The van der Waals surface area contributed by atoms with Gasteiger partial charge in [0, 0.05) is 5.56 Å². The molecule has 15 heavy (non-hydrogen) atoms. The van der Waals surface area contributed by atoms with Crippen molar-refractivity contribution in [2.24, 2.45) is 11.8 Å². The lowest BCUT2D eigenvalue weighted by Crippen LogP contribution is -2.37. The van der Waals surface area contributed by atoms with Crippen LogP contribution in [0.5, 0.6) is 0 Å². The van der Waals surface area contributed by atoms with Gasteiger partial charge in [-0.1, -0.05) is 6.42 Å². The molecule has 1 aliphatic carbocycles. The zero-order valence-electron chi connectivity index (χ0n) is 8.34. The smallest absolute Gasteiger partial charge is 0.128 e. The fourth-order valence-corrected chi connectivity index (χ4v) is 2.01. The van der Waals surface area contributed by atoms with Crippen LogP contribution in [0.25, 0.3) is 0 Å². The van der Waals surface area contributed by atoms with E-state index in [1.165, 1.54) is 6.07 Å². The third-order valence-corrected chi connectivity index (χ3v) is 3.09. The van der Waals surface area contributed by atoms with Gasteiger partial charge in [-0.2, -0.15) is 0 Å². The Balaban J connectivity index is 2.28. The first-order chi connectivity index (χ1) is 7.22. The maximum atomic E-state index is 13.5. The van der Waals surface area contributed by atoms with E-state index >= 15 is 0 Å². The number of nitrogens with two attached hydrogens (primary N) is 1. The maximum absolute atomic E-state index is 13.5. The number of nitrogens with one attached hydrogen (secondary N) is 1. The summed E-state index contributed by atoms with van der Waals surface area (Å²) in [5.41, 5.74) is 2.92. The monoisotopic (exact) mass is 212 g/mol. The second-order valence-electron chi connectivity index (χ2n) is 4.00. The van der Waals surface area contributed by atoms with E-state index < -0.39 is 11.6 Å². The normalized spacial score (nSPS) is 18.6. The standard InChI is InChI=1S/C11H14F2N2/c12-8-4-5-10(13)9(6-8)11(15-14)7-2-1-3-7/h4-7,11,15H,1-3,14H2. The first-order valence-corrected chi connectivity index (χ1v) is 5.13. The highest BCUT2D eigenvalue weighted by atomic mass is 19.1. The largest absolute Gasteiger partial charge is 0.271 e. The van der Waals surface area contributed by atoms with Crippen molar-refractivity contribution in [1.82, 2.24) is 5.43 Å². The zero-order valence-corrected chi connectivity index (χ0v) is 8.34. The van der Waals surface area contributed by atoms with Crippen LogP contribution in [0.2, 0.25) is 0 Å². The Morgan fingerprint density at radius 2 is 2.07 bits per heavy atom. The number of rotatable bonds is 3. The lowest BCUT2D eigenvalue weighted by atomic mass is 9.77. The van der Waals surface area contributed by atoms with Crippen LogP contribution in [0.4, 0.5) is 8.78 Å². The highest BCUT2D eigenvalue weighted by Gasteiger charge is 2.29. The summed E-state index contributed by atoms with van der Waals surface area (Å²) < 4.78 is 26.5. The predicted octanol–water partition coefficient (Wildman–Crippen LogP) is 2.27. The average Bonchev–Trinajstić information content (AvgIpc) is 2.15. The van der Waals surface area contributed by atoms with Gasteiger partial charge in [-0.15, -0.1) is 0 Å². The summed E-state index contributed by atoms with van der Waals surface area (Å²) in [6.07, 6.45) is 3.18. The molecule has 1 fully saturated rings. The van der Waals surface area contributed by atoms with E-state index in [0.717, 1.165) is 31.4 Å². The molecule has 4 heteroatoms. The highest BCUT2D eigenvalue weighted by Crippen LogP contribution is 2.38. The maximum Gasteiger partial charge on any atom is 0.128 e. The van der Waals surface area contributed by atoms with Crippen molar-refractivity contribution in [3.05, 3.63) is 35.4 Å². The molecule has 0 spiro atoms. The molecule has 1 aromatic rings. The third-order valence-electron chi connectivity index (χ3n) is 3.09. The number of hydrogen-bond acceptors (Lipinski definition) is 2. The quantitative estimate of drug-likeness (QED) is 0.595. The summed E-state index contributed by atoms with van der Waals surface area (Å²) in [7, 11) is 0. The summed E-state index contributed by atoms with van der Waals surface area (Å²) in [6.45, 7) is 0. The lowest BCUT2D eigenvalue weighted by Gasteiger charge is -2.33. The molecule has 0 aliphatic heterocycles. The van der Waals surface area contributed by atoms with Crippen molar-refractivity contribution >= 4 is 0 Å². The van der Waals surface area contributed by atoms with Crippen LogP contribution in [0.1, 0.15) is 30.9 Å². The number of hydrazine groups is 1. The van der Waals surface area contributed by atoms with Gasteiger partial charge in [0.1, 0.15) is 11.6 Å². The fourth-order valence-electron chi connectivity index (χ4n) is 2.01. The number of hydrogen-bond donors (Lipinski definition) is 2. The second-order valence-corrected chi connectivity index (χ2v) is 4.00. The molecule has 0 amide bonds. The molecule has 1 unspecified atom stereocenters. The van der Waals surface area contributed by atoms with Gasteiger partial charge in [-0.3, -0.25) is 11.3 Å². The van der Waals surface area contributed by atoms with Gasteiger partial charge in [-0.25, -0.2) is 8.78 Å². The molecule has 1 atom stereocenters. The summed E-state index contributed by atoms with van der Waals surface area (Å²) in [5, 5.41) is 0. The first kappa shape index (κ1) is 10.5. The Morgan fingerprint density at radius 3 is 2.60 bits per heavy atom. The molecule has 82 valence electrons. The zero-order chi connectivity index (χ0) is 10.8. The van der Waals surface area contributed by atoms with Crippen molar-refractivity contribution in [3.63, 3.8) is 0 Å². The van der Waals surface area contributed by atoms with Gasteiger partial charge >= 0.3 is 0 Å². The summed E-state index contributed by atoms with van der Waals surface area (Å²) >= 11 is 0. The molecule has 0 heterocycles. The van der Waals surface area contributed by atoms with Crippen LogP contribution in [0.3, 0.4) is 0 Å². The molecule has 0 bridgehead atoms. The van der Waals surface area contributed by atoms with E-state index in [1.807, 2.05) is 0 Å². The molecule has 1 aliphatic rings. The Hall–Kier alpha value is -1.00.